The maximum Gasteiger partial charge on any atom is 0.320 e. The molecule has 1 heterocycles. The molecule has 22 heavy (non-hydrogen) atoms. The largest absolute Gasteiger partial charge is 0.480 e. The van der Waals surface area contributed by atoms with Gasteiger partial charge in [0.25, 0.3) is 5.91 Å². The van der Waals surface area contributed by atoms with Gasteiger partial charge in [0.2, 0.25) is 0 Å². The number of benzene rings is 1. The van der Waals surface area contributed by atoms with Gasteiger partial charge in [-0.05, 0) is 24.2 Å². The van der Waals surface area contributed by atoms with Crippen LogP contribution in [0.5, 0.6) is 0 Å². The van der Waals surface area contributed by atoms with Crippen molar-refractivity contribution in [1.29, 1.82) is 0 Å². The molecule has 120 valence electrons. The molecule has 1 aliphatic rings. The highest BCUT2D eigenvalue weighted by Crippen LogP contribution is 2.15. The van der Waals surface area contributed by atoms with Gasteiger partial charge in [0.15, 0.2) is 5.11 Å². The Morgan fingerprint density at radius 1 is 1.41 bits per heavy atom. The third kappa shape index (κ3) is 5.79. The molecule has 0 radical (unpaired) electrons. The zero-order valence-electron chi connectivity index (χ0n) is 12.4. The maximum atomic E-state index is 11.3. The van der Waals surface area contributed by atoms with Gasteiger partial charge in [0, 0.05) is 0 Å². The zero-order chi connectivity index (χ0) is 16.5. The average molecular weight is 323 g/mol. The van der Waals surface area contributed by atoms with Crippen LogP contribution < -0.4 is 16.4 Å². The normalized spacial score (nSPS) is 17.8. The molecule has 0 spiro atoms. The molecular weight excluding hydrogens is 302 g/mol. The second-order valence-electron chi connectivity index (χ2n) is 4.89. The number of thiocarbonyl (C=S) groups is 1. The lowest BCUT2D eigenvalue weighted by atomic mass is 10.1. The van der Waals surface area contributed by atoms with E-state index in [1.165, 1.54) is 0 Å². The Hall–Kier alpha value is -1.99. The minimum absolute atomic E-state index is 0.0869. The first-order valence-electron chi connectivity index (χ1n) is 7.10. The van der Waals surface area contributed by atoms with Crippen LogP contribution in [0.1, 0.15) is 37.8 Å². The molecule has 1 saturated heterocycles. The second kappa shape index (κ2) is 9.11. The number of aliphatic carboxylic acids is 1. The van der Waals surface area contributed by atoms with Gasteiger partial charge in [-0.1, -0.05) is 50.1 Å². The molecule has 7 heteroatoms. The first kappa shape index (κ1) is 18.1. The van der Waals surface area contributed by atoms with E-state index in [2.05, 4.69) is 10.6 Å². The van der Waals surface area contributed by atoms with Gasteiger partial charge in [0.1, 0.15) is 12.1 Å². The van der Waals surface area contributed by atoms with E-state index in [-0.39, 0.29) is 11.9 Å². The number of carbonyl (C=O) groups excluding carboxylic acids is 1. The number of nitrogens with two attached hydrogens (primary N) is 1. The average Bonchev–Trinajstić information content (AvgIpc) is 2.85. The Morgan fingerprint density at radius 3 is 2.50 bits per heavy atom. The first-order chi connectivity index (χ1) is 10.5. The van der Waals surface area contributed by atoms with E-state index in [0.717, 1.165) is 18.4 Å². The Morgan fingerprint density at radius 2 is 2.05 bits per heavy atom. The van der Waals surface area contributed by atoms with Crippen molar-refractivity contribution in [2.45, 2.75) is 38.3 Å². The predicted octanol–water partition coefficient (Wildman–Crippen LogP) is 1.32. The monoisotopic (exact) mass is 323 g/mol. The number of carboxylic acids is 1. The third-order valence-electron chi connectivity index (χ3n) is 3.09. The van der Waals surface area contributed by atoms with Crippen molar-refractivity contribution in [1.82, 2.24) is 10.6 Å². The van der Waals surface area contributed by atoms with Gasteiger partial charge in [-0.25, -0.2) is 0 Å². The highest BCUT2D eigenvalue weighted by Gasteiger charge is 2.27. The number of nitrogens with one attached hydrogen (secondary N) is 2. The molecule has 5 N–H and O–H groups in total. The summed E-state index contributed by atoms with van der Waals surface area (Å²) >= 11 is 4.83. The number of carbonyl (C=O) groups is 2. The molecule has 0 aliphatic carbocycles. The highest BCUT2D eigenvalue weighted by molar-refractivity contribution is 7.80. The van der Waals surface area contributed by atoms with Crippen LogP contribution in [0.15, 0.2) is 30.3 Å². The maximum absolute atomic E-state index is 11.3. The van der Waals surface area contributed by atoms with Gasteiger partial charge < -0.3 is 21.5 Å². The summed E-state index contributed by atoms with van der Waals surface area (Å²) in [7, 11) is 0. The van der Waals surface area contributed by atoms with Gasteiger partial charge in [0.05, 0.1) is 0 Å². The lowest BCUT2D eigenvalue weighted by Gasteiger charge is -2.06. The van der Waals surface area contributed by atoms with Crippen LogP contribution >= 0.6 is 12.2 Å². The topological polar surface area (TPSA) is 104 Å². The van der Waals surface area contributed by atoms with Crippen LogP contribution in [0.2, 0.25) is 0 Å². The number of rotatable bonds is 5. The molecule has 1 aromatic carbocycles. The SMILES string of the molecule is CCCC[C@H](N)C(=O)O.O=C1NC(=S)NC1c1ccccc1. The lowest BCUT2D eigenvalue weighted by molar-refractivity contribution is -0.138. The zero-order valence-corrected chi connectivity index (χ0v) is 13.2. The molecule has 2 rings (SSSR count). The van der Waals surface area contributed by atoms with Crippen molar-refractivity contribution >= 4 is 29.2 Å². The summed E-state index contributed by atoms with van der Waals surface area (Å²) in [6, 6.07) is 8.50. The fourth-order valence-corrected chi connectivity index (χ4v) is 2.06. The Balaban J connectivity index is 0.000000239. The van der Waals surface area contributed by atoms with E-state index in [0.29, 0.717) is 11.5 Å². The predicted molar refractivity (Wildman–Crippen MR) is 88.2 cm³/mol. The summed E-state index contributed by atoms with van der Waals surface area (Å²) in [4.78, 5) is 21.4. The quantitative estimate of drug-likeness (QED) is 0.609. The molecule has 1 amide bonds. The summed E-state index contributed by atoms with van der Waals surface area (Å²) in [5.41, 5.74) is 6.13. The molecule has 1 aliphatic heterocycles. The van der Waals surface area contributed by atoms with E-state index in [9.17, 15) is 9.59 Å². The third-order valence-corrected chi connectivity index (χ3v) is 3.31. The molecular formula is C15H21N3O3S. The number of carboxylic acid groups (broad SMARTS) is 1. The molecule has 1 aromatic rings. The van der Waals surface area contributed by atoms with Crippen LogP contribution in [0.25, 0.3) is 0 Å². The van der Waals surface area contributed by atoms with Crippen LogP contribution in [-0.4, -0.2) is 28.1 Å². The van der Waals surface area contributed by atoms with E-state index >= 15 is 0 Å². The van der Waals surface area contributed by atoms with Crippen molar-refractivity contribution in [2.75, 3.05) is 0 Å². The van der Waals surface area contributed by atoms with Crippen molar-refractivity contribution in [3.05, 3.63) is 35.9 Å². The van der Waals surface area contributed by atoms with E-state index < -0.39 is 12.0 Å². The fraction of sp³-hybridized carbons (Fsp3) is 0.400. The van der Waals surface area contributed by atoms with Gasteiger partial charge in [-0.2, -0.15) is 0 Å². The van der Waals surface area contributed by atoms with Gasteiger partial charge >= 0.3 is 5.97 Å². The summed E-state index contributed by atoms with van der Waals surface area (Å²) in [5, 5.41) is 14.1. The van der Waals surface area contributed by atoms with Crippen molar-refractivity contribution in [3.8, 4) is 0 Å². The molecule has 2 atom stereocenters. The fourth-order valence-electron chi connectivity index (χ4n) is 1.84. The van der Waals surface area contributed by atoms with Gasteiger partial charge in [-0.3, -0.25) is 9.59 Å². The minimum atomic E-state index is -0.900. The van der Waals surface area contributed by atoms with Crippen LogP contribution in [0.3, 0.4) is 0 Å². The van der Waals surface area contributed by atoms with E-state index in [4.69, 9.17) is 23.1 Å². The molecule has 6 nitrogen and oxygen atoms in total. The Bertz CT molecular complexity index is 522. The number of hydrogen-bond donors (Lipinski definition) is 4. The Labute approximate surface area is 135 Å². The second-order valence-corrected chi connectivity index (χ2v) is 5.30. The number of unbranched alkanes of at least 4 members (excludes halogenated alkanes) is 1. The standard InChI is InChI=1S/C9H8N2OS.C6H13NO2/c12-8-7(10-9(13)11-8)6-4-2-1-3-5-6;1-2-3-4-5(7)6(8)9/h1-5,7H,(H2,10,11,12,13);5H,2-4,7H2,1H3,(H,8,9)/t;5-/m.0/s1. The summed E-state index contributed by atoms with van der Waals surface area (Å²) in [5.74, 6) is -0.986. The van der Waals surface area contributed by atoms with Crippen molar-refractivity contribution in [3.63, 3.8) is 0 Å². The molecule has 1 fully saturated rings. The van der Waals surface area contributed by atoms with Crippen LogP contribution in [-0.2, 0) is 9.59 Å². The van der Waals surface area contributed by atoms with E-state index in [1.54, 1.807) is 0 Å². The van der Waals surface area contributed by atoms with Gasteiger partial charge in [-0.15, -0.1) is 0 Å². The highest BCUT2D eigenvalue weighted by atomic mass is 32.1. The van der Waals surface area contributed by atoms with E-state index in [1.807, 2.05) is 37.3 Å². The summed E-state index contributed by atoms with van der Waals surface area (Å²) in [6.45, 7) is 2.01. The molecule has 0 aromatic heterocycles. The molecule has 0 bridgehead atoms. The van der Waals surface area contributed by atoms with Crippen LogP contribution in [0.4, 0.5) is 0 Å². The smallest absolute Gasteiger partial charge is 0.320 e. The molecule has 1 unspecified atom stereocenters. The number of hydrogen-bond acceptors (Lipinski definition) is 4. The summed E-state index contributed by atoms with van der Waals surface area (Å²) in [6.07, 6.45) is 2.49. The number of amides is 1. The first-order valence-corrected chi connectivity index (χ1v) is 7.51. The Kier molecular flexibility index (Phi) is 7.48. The summed E-state index contributed by atoms with van der Waals surface area (Å²) < 4.78 is 0. The molecule has 0 saturated carbocycles. The van der Waals surface area contributed by atoms with Crippen molar-refractivity contribution in [2.24, 2.45) is 5.73 Å². The van der Waals surface area contributed by atoms with Crippen molar-refractivity contribution < 1.29 is 14.7 Å². The minimum Gasteiger partial charge on any atom is -0.480 e. The lowest BCUT2D eigenvalue weighted by Crippen LogP contribution is -2.29. The van der Waals surface area contributed by atoms with Crippen LogP contribution in [0, 0.1) is 0 Å².